The van der Waals surface area contributed by atoms with E-state index in [1.54, 1.807) is 6.92 Å². The fourth-order valence-corrected chi connectivity index (χ4v) is 2.28. The first-order valence-electron chi connectivity index (χ1n) is 3.77. The van der Waals surface area contributed by atoms with Crippen molar-refractivity contribution in [3.63, 3.8) is 0 Å². The van der Waals surface area contributed by atoms with Gasteiger partial charge in [0.15, 0.2) is 0 Å². The number of carbonyl (C=O) groups excluding carboxylic acids is 2. The van der Waals surface area contributed by atoms with E-state index in [1.165, 1.54) is 11.8 Å². The summed E-state index contributed by atoms with van der Waals surface area (Å²) in [6.45, 7) is 1.68. The van der Waals surface area contributed by atoms with Gasteiger partial charge in [-0.05, 0) is 6.42 Å². The third kappa shape index (κ3) is 2.00. The molecule has 1 atom stereocenters. The molecule has 4 nitrogen and oxygen atoms in total. The highest BCUT2D eigenvalue weighted by molar-refractivity contribution is 8.23. The third-order valence-electron chi connectivity index (χ3n) is 1.75. The van der Waals surface area contributed by atoms with Gasteiger partial charge in [-0.1, -0.05) is 30.9 Å². The minimum Gasteiger partial charge on any atom is -0.548 e. The van der Waals surface area contributed by atoms with Gasteiger partial charge in [-0.2, -0.15) is 0 Å². The molecule has 13 heavy (non-hydrogen) atoms. The summed E-state index contributed by atoms with van der Waals surface area (Å²) in [5.74, 6) is -1.26. The number of thioether (sulfide) groups is 1. The van der Waals surface area contributed by atoms with Crippen LogP contribution >= 0.6 is 24.0 Å². The number of hydrogen-bond donors (Lipinski definition) is 0. The minimum absolute atomic E-state index is 0.239. The molecule has 1 aliphatic rings. The molecule has 72 valence electrons. The maximum Gasteiger partial charge on any atom is 0.239 e. The number of carboxylic acid groups (broad SMARTS) is 1. The topological polar surface area (TPSA) is 60.4 Å². The molecule has 0 saturated carbocycles. The molecule has 0 aliphatic carbocycles. The normalized spacial score (nSPS) is 19.3. The summed E-state index contributed by atoms with van der Waals surface area (Å²) in [7, 11) is 0. The maximum absolute atomic E-state index is 11.2. The zero-order valence-electron chi connectivity index (χ0n) is 6.98. The predicted octanol–water partition coefficient (Wildman–Crippen LogP) is -0.625. The van der Waals surface area contributed by atoms with Crippen molar-refractivity contribution < 1.29 is 14.7 Å². The summed E-state index contributed by atoms with van der Waals surface area (Å²) < 4.78 is 0.334. The van der Waals surface area contributed by atoms with Gasteiger partial charge in [-0.3, -0.25) is 9.69 Å². The Morgan fingerprint density at radius 3 is 2.77 bits per heavy atom. The van der Waals surface area contributed by atoms with Crippen LogP contribution in [0.2, 0.25) is 0 Å². The molecule has 0 bridgehead atoms. The largest absolute Gasteiger partial charge is 0.548 e. The lowest BCUT2D eigenvalue weighted by molar-refractivity contribution is -0.310. The molecule has 0 unspecified atom stereocenters. The highest BCUT2D eigenvalue weighted by Gasteiger charge is 2.32. The van der Waals surface area contributed by atoms with E-state index in [4.69, 9.17) is 12.2 Å². The first-order chi connectivity index (χ1) is 6.07. The molecule has 1 rings (SSSR count). The van der Waals surface area contributed by atoms with Crippen molar-refractivity contribution in [2.75, 3.05) is 5.75 Å². The highest BCUT2D eigenvalue weighted by Crippen LogP contribution is 2.22. The lowest BCUT2D eigenvalue weighted by atomic mass is 10.2. The zero-order chi connectivity index (χ0) is 10.0. The summed E-state index contributed by atoms with van der Waals surface area (Å²) in [6, 6.07) is -0.907. The van der Waals surface area contributed by atoms with Gasteiger partial charge in [0.1, 0.15) is 4.32 Å². The molecule has 1 saturated heterocycles. The first-order valence-corrected chi connectivity index (χ1v) is 5.17. The van der Waals surface area contributed by atoms with Crippen molar-refractivity contribution in [2.24, 2.45) is 0 Å². The molecule has 0 radical (unpaired) electrons. The summed E-state index contributed by atoms with van der Waals surface area (Å²) in [4.78, 5) is 23.0. The van der Waals surface area contributed by atoms with Gasteiger partial charge in [0.2, 0.25) is 5.91 Å². The molecule has 1 heterocycles. The van der Waals surface area contributed by atoms with E-state index in [9.17, 15) is 14.7 Å². The Labute approximate surface area is 85.3 Å². The van der Waals surface area contributed by atoms with Crippen LogP contribution in [0.25, 0.3) is 0 Å². The van der Waals surface area contributed by atoms with Gasteiger partial charge >= 0.3 is 0 Å². The smallest absolute Gasteiger partial charge is 0.239 e. The molecule has 0 N–H and O–H groups in total. The van der Waals surface area contributed by atoms with Crippen LogP contribution in [-0.2, 0) is 9.59 Å². The monoisotopic (exact) mass is 218 g/mol. The minimum atomic E-state index is -1.25. The molecule has 1 aliphatic heterocycles. The lowest BCUT2D eigenvalue weighted by Crippen LogP contribution is -2.49. The molecule has 6 heteroatoms. The van der Waals surface area contributed by atoms with Gasteiger partial charge in [-0.15, -0.1) is 0 Å². The predicted molar refractivity (Wildman–Crippen MR) is 51.0 cm³/mol. The van der Waals surface area contributed by atoms with Crippen molar-refractivity contribution in [1.82, 2.24) is 4.90 Å². The average molecular weight is 218 g/mol. The van der Waals surface area contributed by atoms with Crippen LogP contribution in [0.5, 0.6) is 0 Å². The first kappa shape index (κ1) is 10.5. The molecule has 0 aromatic rings. The number of rotatable bonds is 3. The zero-order valence-corrected chi connectivity index (χ0v) is 8.61. The van der Waals surface area contributed by atoms with Crippen molar-refractivity contribution in [3.05, 3.63) is 0 Å². The van der Waals surface area contributed by atoms with Crippen molar-refractivity contribution in [2.45, 2.75) is 19.4 Å². The summed E-state index contributed by atoms with van der Waals surface area (Å²) in [5, 5.41) is 10.6. The number of nitrogens with zero attached hydrogens (tertiary/aromatic N) is 1. The quantitative estimate of drug-likeness (QED) is 0.591. The number of hydrogen-bond acceptors (Lipinski definition) is 5. The fraction of sp³-hybridized carbons (Fsp3) is 0.571. The van der Waals surface area contributed by atoms with Gasteiger partial charge in [0.05, 0.1) is 17.8 Å². The van der Waals surface area contributed by atoms with Gasteiger partial charge < -0.3 is 9.90 Å². The Kier molecular flexibility index (Phi) is 3.27. The maximum atomic E-state index is 11.2. The van der Waals surface area contributed by atoms with Crippen LogP contribution in [0.1, 0.15) is 13.3 Å². The number of thiocarbonyl (C=S) groups is 1. The van der Waals surface area contributed by atoms with Crippen molar-refractivity contribution in [3.8, 4) is 0 Å². The number of amides is 1. The Hall–Kier alpha value is -0.620. The number of carbonyl (C=O) groups is 2. The van der Waals surface area contributed by atoms with Crippen LogP contribution in [0.4, 0.5) is 0 Å². The summed E-state index contributed by atoms with van der Waals surface area (Å²) in [5.41, 5.74) is 0. The third-order valence-corrected chi connectivity index (χ3v) is 3.14. The molecule has 0 aromatic heterocycles. The van der Waals surface area contributed by atoms with Crippen molar-refractivity contribution in [1.29, 1.82) is 0 Å². The number of aliphatic carboxylic acids is 1. The van der Waals surface area contributed by atoms with Crippen LogP contribution in [0.15, 0.2) is 0 Å². The van der Waals surface area contributed by atoms with Gasteiger partial charge in [-0.25, -0.2) is 0 Å². The summed E-state index contributed by atoms with van der Waals surface area (Å²) in [6.07, 6.45) is 0.314. The SMILES string of the molecule is CC[C@H](C(=O)[O-])N1C(=O)CSC1=S. The van der Waals surface area contributed by atoms with Crippen molar-refractivity contribution >= 4 is 40.2 Å². The van der Waals surface area contributed by atoms with Crippen LogP contribution < -0.4 is 5.11 Å². The molecule has 0 spiro atoms. The standard InChI is InChI=1S/C7H9NO3S2/c1-2-4(6(10)11)8-5(9)3-13-7(8)12/h4H,2-3H2,1H3,(H,10,11)/p-1/t4-/m1/s1. The number of carboxylic acids is 1. The molecule has 1 amide bonds. The Morgan fingerprint density at radius 2 is 2.46 bits per heavy atom. The van der Waals surface area contributed by atoms with E-state index in [0.717, 1.165) is 4.90 Å². The van der Waals surface area contributed by atoms with E-state index in [1.807, 2.05) is 0 Å². The van der Waals surface area contributed by atoms with Crippen LogP contribution in [0, 0.1) is 0 Å². The Balaban J connectivity index is 2.84. The highest BCUT2D eigenvalue weighted by atomic mass is 32.2. The molecular formula is C7H8NO3S2-. The fourth-order valence-electron chi connectivity index (χ4n) is 1.12. The van der Waals surface area contributed by atoms with E-state index in [0.29, 0.717) is 10.7 Å². The summed E-state index contributed by atoms with van der Waals surface area (Å²) >= 11 is 6.05. The van der Waals surface area contributed by atoms with Crippen LogP contribution in [0.3, 0.4) is 0 Å². The molecule has 1 fully saturated rings. The second-order valence-corrected chi connectivity index (χ2v) is 4.17. The van der Waals surface area contributed by atoms with Gasteiger partial charge in [0, 0.05) is 0 Å². The molecule has 0 aromatic carbocycles. The van der Waals surface area contributed by atoms with E-state index >= 15 is 0 Å². The van der Waals surface area contributed by atoms with E-state index in [-0.39, 0.29) is 11.7 Å². The average Bonchev–Trinajstić information content (AvgIpc) is 2.36. The van der Waals surface area contributed by atoms with E-state index in [2.05, 4.69) is 0 Å². The second kappa shape index (κ2) is 4.06. The lowest BCUT2D eigenvalue weighted by Gasteiger charge is -2.26. The Bertz CT molecular complexity index is 250. The van der Waals surface area contributed by atoms with Crippen LogP contribution in [-0.4, -0.2) is 32.9 Å². The molecular weight excluding hydrogens is 210 g/mol. The second-order valence-electron chi connectivity index (χ2n) is 2.56. The van der Waals surface area contributed by atoms with Gasteiger partial charge in [0.25, 0.3) is 0 Å². The Morgan fingerprint density at radius 1 is 1.85 bits per heavy atom. The van der Waals surface area contributed by atoms with E-state index < -0.39 is 12.0 Å².